The number of rotatable bonds is 1. The van der Waals surface area contributed by atoms with Gasteiger partial charge in [-0.15, -0.1) is 0 Å². The molecule has 0 spiro atoms. The number of phenolic OH excluding ortho intramolecular Hbond substituents is 1. The Hall–Kier alpha value is -1.71. The Morgan fingerprint density at radius 3 is 2.79 bits per heavy atom. The summed E-state index contributed by atoms with van der Waals surface area (Å²) in [6.07, 6.45) is 0. The molecule has 0 bridgehead atoms. The monoisotopic (exact) mass is 191 g/mol. The summed E-state index contributed by atoms with van der Waals surface area (Å²) in [5.74, 6) is 0.862. The van der Waals surface area contributed by atoms with Gasteiger partial charge in [-0.2, -0.15) is 5.10 Å². The minimum Gasteiger partial charge on any atom is -0.508 e. The molecule has 0 atom stereocenters. The van der Waals surface area contributed by atoms with Crippen LogP contribution in [0.5, 0.6) is 5.75 Å². The lowest BCUT2D eigenvalue weighted by molar-refractivity contribution is 0.476. The summed E-state index contributed by atoms with van der Waals surface area (Å²) in [7, 11) is 0. The minimum absolute atomic E-state index is 0.214. The molecule has 2 rings (SSSR count). The van der Waals surface area contributed by atoms with E-state index in [-0.39, 0.29) is 11.8 Å². The predicted octanol–water partition coefficient (Wildman–Crippen LogP) is 1.90. The summed E-state index contributed by atoms with van der Waals surface area (Å²) in [5, 5.41) is 14.5. The smallest absolute Gasteiger partial charge is 0.129 e. The van der Waals surface area contributed by atoms with Crippen molar-refractivity contribution in [3.05, 3.63) is 18.2 Å². The maximum Gasteiger partial charge on any atom is 0.129 e. The van der Waals surface area contributed by atoms with Gasteiger partial charge in [-0.3, -0.25) is 0 Å². The highest BCUT2D eigenvalue weighted by molar-refractivity contribution is 5.89. The number of aromatic nitrogens is 2. The molecule has 0 aliphatic carbocycles. The van der Waals surface area contributed by atoms with Crippen molar-refractivity contribution in [2.75, 3.05) is 5.73 Å². The van der Waals surface area contributed by atoms with Crippen molar-refractivity contribution in [1.82, 2.24) is 9.78 Å². The van der Waals surface area contributed by atoms with Gasteiger partial charge in [0.05, 0.1) is 5.52 Å². The number of fused-ring (bicyclic) bond motifs is 1. The first-order valence-corrected chi connectivity index (χ1v) is 4.56. The van der Waals surface area contributed by atoms with Crippen LogP contribution in [0.1, 0.15) is 19.9 Å². The molecule has 2 aromatic rings. The minimum atomic E-state index is 0.214. The van der Waals surface area contributed by atoms with Gasteiger partial charge in [0, 0.05) is 17.5 Å². The van der Waals surface area contributed by atoms with Crippen LogP contribution >= 0.6 is 0 Å². The second-order valence-corrected chi connectivity index (χ2v) is 3.63. The van der Waals surface area contributed by atoms with Gasteiger partial charge >= 0.3 is 0 Å². The van der Waals surface area contributed by atoms with Crippen LogP contribution in [-0.4, -0.2) is 14.9 Å². The standard InChI is InChI=1S/C10H13N3O/c1-6(2)13-10(11)8-4-3-7(14)5-9(8)12-13/h3-6,14H,11H2,1-2H3. The van der Waals surface area contributed by atoms with E-state index in [2.05, 4.69) is 5.10 Å². The van der Waals surface area contributed by atoms with Gasteiger partial charge in [0.2, 0.25) is 0 Å². The largest absolute Gasteiger partial charge is 0.508 e. The number of anilines is 1. The van der Waals surface area contributed by atoms with Crippen molar-refractivity contribution >= 4 is 16.7 Å². The number of phenols is 1. The Labute approximate surface area is 81.9 Å². The quantitative estimate of drug-likeness (QED) is 0.723. The number of hydrogen-bond acceptors (Lipinski definition) is 3. The first-order chi connectivity index (χ1) is 6.59. The Morgan fingerprint density at radius 1 is 1.43 bits per heavy atom. The summed E-state index contributed by atoms with van der Waals surface area (Å²) >= 11 is 0. The number of hydrogen-bond donors (Lipinski definition) is 2. The Morgan fingerprint density at radius 2 is 2.14 bits per heavy atom. The van der Waals surface area contributed by atoms with Crippen LogP contribution in [0.15, 0.2) is 18.2 Å². The highest BCUT2D eigenvalue weighted by Gasteiger charge is 2.10. The van der Waals surface area contributed by atoms with Gasteiger partial charge in [-0.25, -0.2) is 4.68 Å². The number of aromatic hydroxyl groups is 1. The maximum atomic E-state index is 9.28. The van der Waals surface area contributed by atoms with Crippen molar-refractivity contribution in [2.24, 2.45) is 0 Å². The predicted molar refractivity (Wildman–Crippen MR) is 56.2 cm³/mol. The third-order valence-corrected chi connectivity index (χ3v) is 2.21. The molecule has 0 aliphatic heterocycles. The van der Waals surface area contributed by atoms with Gasteiger partial charge in [-0.05, 0) is 26.0 Å². The summed E-state index contributed by atoms with van der Waals surface area (Å²) in [4.78, 5) is 0. The molecule has 1 aromatic heterocycles. The summed E-state index contributed by atoms with van der Waals surface area (Å²) < 4.78 is 1.75. The van der Waals surface area contributed by atoms with E-state index in [1.165, 1.54) is 0 Å². The molecule has 1 aromatic carbocycles. The van der Waals surface area contributed by atoms with Crippen LogP contribution in [0.4, 0.5) is 5.82 Å². The highest BCUT2D eigenvalue weighted by atomic mass is 16.3. The van der Waals surface area contributed by atoms with Gasteiger partial charge in [0.25, 0.3) is 0 Å². The SMILES string of the molecule is CC(C)n1nc2cc(O)ccc2c1N. The molecule has 0 saturated heterocycles. The molecular weight excluding hydrogens is 178 g/mol. The first-order valence-electron chi connectivity index (χ1n) is 4.56. The van der Waals surface area contributed by atoms with Crippen LogP contribution in [0, 0.1) is 0 Å². The zero-order chi connectivity index (χ0) is 10.3. The number of nitrogens with two attached hydrogens (primary N) is 1. The van der Waals surface area contributed by atoms with E-state index in [4.69, 9.17) is 5.73 Å². The lowest BCUT2D eigenvalue weighted by Crippen LogP contribution is -2.06. The average Bonchev–Trinajstić information content (AvgIpc) is 2.43. The molecular formula is C10H13N3O. The third-order valence-electron chi connectivity index (χ3n) is 2.21. The van der Waals surface area contributed by atoms with Crippen LogP contribution in [0.25, 0.3) is 10.9 Å². The average molecular weight is 191 g/mol. The number of benzene rings is 1. The molecule has 0 unspecified atom stereocenters. The van der Waals surface area contributed by atoms with E-state index in [0.717, 1.165) is 10.9 Å². The fraction of sp³-hybridized carbons (Fsp3) is 0.300. The van der Waals surface area contributed by atoms with E-state index in [9.17, 15) is 5.11 Å². The molecule has 14 heavy (non-hydrogen) atoms. The van der Waals surface area contributed by atoms with Gasteiger partial charge < -0.3 is 10.8 Å². The maximum absolute atomic E-state index is 9.28. The second-order valence-electron chi connectivity index (χ2n) is 3.63. The molecule has 3 N–H and O–H groups in total. The molecule has 4 nitrogen and oxygen atoms in total. The van der Waals surface area contributed by atoms with Gasteiger partial charge in [-0.1, -0.05) is 0 Å². The Bertz CT molecular complexity index is 473. The second kappa shape index (κ2) is 2.90. The van der Waals surface area contributed by atoms with Gasteiger partial charge in [0.1, 0.15) is 11.6 Å². The third kappa shape index (κ3) is 1.19. The zero-order valence-electron chi connectivity index (χ0n) is 8.23. The molecule has 0 radical (unpaired) electrons. The van der Waals surface area contributed by atoms with Crippen molar-refractivity contribution in [3.8, 4) is 5.75 Å². The lowest BCUT2D eigenvalue weighted by Gasteiger charge is -2.06. The van der Waals surface area contributed by atoms with Crippen molar-refractivity contribution in [1.29, 1.82) is 0 Å². The normalized spacial score (nSPS) is 11.4. The van der Waals surface area contributed by atoms with Crippen LogP contribution < -0.4 is 5.73 Å². The molecule has 0 saturated carbocycles. The first kappa shape index (κ1) is 8.87. The van der Waals surface area contributed by atoms with E-state index in [1.54, 1.807) is 22.9 Å². The van der Waals surface area contributed by atoms with Crippen molar-refractivity contribution in [2.45, 2.75) is 19.9 Å². The van der Waals surface area contributed by atoms with E-state index in [0.29, 0.717) is 5.82 Å². The Balaban J connectivity index is 2.73. The molecule has 0 fully saturated rings. The van der Waals surface area contributed by atoms with Crippen molar-refractivity contribution in [3.63, 3.8) is 0 Å². The van der Waals surface area contributed by atoms with E-state index in [1.807, 2.05) is 13.8 Å². The van der Waals surface area contributed by atoms with Crippen molar-refractivity contribution < 1.29 is 5.11 Å². The number of nitrogens with zero attached hydrogens (tertiary/aromatic N) is 2. The van der Waals surface area contributed by atoms with Crippen LogP contribution in [0.2, 0.25) is 0 Å². The topological polar surface area (TPSA) is 64.1 Å². The van der Waals surface area contributed by atoms with Crippen LogP contribution in [0.3, 0.4) is 0 Å². The fourth-order valence-corrected chi connectivity index (χ4v) is 1.51. The lowest BCUT2D eigenvalue weighted by atomic mass is 10.2. The fourth-order valence-electron chi connectivity index (χ4n) is 1.51. The number of nitrogen functional groups attached to an aromatic ring is 1. The molecule has 0 amide bonds. The molecule has 1 heterocycles. The van der Waals surface area contributed by atoms with Gasteiger partial charge in [0.15, 0.2) is 0 Å². The molecule has 0 aliphatic rings. The molecule has 74 valence electrons. The summed E-state index contributed by atoms with van der Waals surface area (Å²) in [6.45, 7) is 4.03. The summed E-state index contributed by atoms with van der Waals surface area (Å²) in [6, 6.07) is 5.24. The van der Waals surface area contributed by atoms with E-state index >= 15 is 0 Å². The summed E-state index contributed by atoms with van der Waals surface area (Å²) in [5.41, 5.74) is 6.64. The molecule has 4 heteroatoms. The van der Waals surface area contributed by atoms with E-state index < -0.39 is 0 Å². The van der Waals surface area contributed by atoms with Crippen LogP contribution in [-0.2, 0) is 0 Å². The highest BCUT2D eigenvalue weighted by Crippen LogP contribution is 2.26. The Kier molecular flexibility index (Phi) is 1.84. The zero-order valence-corrected chi connectivity index (χ0v) is 8.23.